The molecule has 7 heteroatoms. The number of benzene rings is 1. The first-order valence-corrected chi connectivity index (χ1v) is 5.12. The van der Waals surface area contributed by atoms with Gasteiger partial charge in [0.15, 0.2) is 0 Å². The summed E-state index contributed by atoms with van der Waals surface area (Å²) in [6, 6.07) is 3.92. The predicted octanol–water partition coefficient (Wildman–Crippen LogP) is 1.37. The molecular formula is C8H11ClO5S. The van der Waals surface area contributed by atoms with Crippen molar-refractivity contribution in [3.63, 3.8) is 0 Å². The van der Waals surface area contributed by atoms with E-state index in [-0.39, 0.29) is 17.3 Å². The van der Waals surface area contributed by atoms with E-state index in [2.05, 4.69) is 0 Å². The lowest BCUT2D eigenvalue weighted by molar-refractivity contribution is 0.391. The molecule has 0 radical (unpaired) electrons. The van der Waals surface area contributed by atoms with Crippen molar-refractivity contribution in [3.8, 4) is 11.5 Å². The van der Waals surface area contributed by atoms with Crippen LogP contribution < -0.4 is 9.47 Å². The van der Waals surface area contributed by atoms with Crippen LogP contribution in [0.25, 0.3) is 0 Å². The molecule has 0 fully saturated rings. The fourth-order valence-electron chi connectivity index (χ4n) is 0.930. The Morgan fingerprint density at radius 3 is 1.73 bits per heavy atom. The van der Waals surface area contributed by atoms with Crippen LogP contribution in [0.15, 0.2) is 23.1 Å². The average Bonchev–Trinajstić information content (AvgIpc) is 2.15. The molecule has 1 rings (SSSR count). The zero-order chi connectivity index (χ0) is 10.8. The Kier molecular flexibility index (Phi) is 4.86. The van der Waals surface area contributed by atoms with Gasteiger partial charge in [0.1, 0.15) is 16.4 Å². The number of hydrogen-bond acceptors (Lipinski definition) is 4. The zero-order valence-corrected chi connectivity index (χ0v) is 9.76. The molecule has 1 aromatic rings. The largest absolute Gasteiger partial charge is 0.497 e. The van der Waals surface area contributed by atoms with E-state index in [4.69, 9.17) is 14.0 Å². The molecular weight excluding hydrogens is 244 g/mol. The van der Waals surface area contributed by atoms with Crippen LogP contribution in [0.4, 0.5) is 0 Å². The highest BCUT2D eigenvalue weighted by atomic mass is 35.5. The molecule has 0 spiro atoms. The number of rotatable bonds is 3. The fourth-order valence-corrected chi connectivity index (χ4v) is 1.46. The quantitative estimate of drug-likeness (QED) is 0.825. The summed E-state index contributed by atoms with van der Waals surface area (Å²) in [6.07, 6.45) is 0. The third kappa shape index (κ3) is 3.58. The second kappa shape index (κ2) is 5.20. The molecule has 0 unspecified atom stereocenters. The molecule has 1 aromatic carbocycles. The van der Waals surface area contributed by atoms with Gasteiger partial charge in [-0.05, 0) is 0 Å². The molecule has 0 heterocycles. The van der Waals surface area contributed by atoms with Gasteiger partial charge in [0.2, 0.25) is 0 Å². The predicted molar refractivity (Wildman–Crippen MR) is 56.6 cm³/mol. The maximum absolute atomic E-state index is 10.8. The van der Waals surface area contributed by atoms with Gasteiger partial charge in [0.05, 0.1) is 14.2 Å². The lowest BCUT2D eigenvalue weighted by Gasteiger charge is -2.05. The minimum atomic E-state index is -4.23. The van der Waals surface area contributed by atoms with Crippen LogP contribution >= 0.6 is 12.4 Å². The maximum atomic E-state index is 10.8. The standard InChI is InChI=1S/C8H10O5S.ClH/c1-12-6-3-7(13-2)5-8(4-6)14(9,10)11;/h3-5H,1-2H3,(H,9,10,11);1H. The second-order valence-electron chi connectivity index (χ2n) is 2.52. The lowest BCUT2D eigenvalue weighted by atomic mass is 10.3. The summed E-state index contributed by atoms with van der Waals surface area (Å²) in [4.78, 5) is -0.256. The van der Waals surface area contributed by atoms with Gasteiger partial charge in [-0.1, -0.05) is 0 Å². The number of halogens is 1. The average molecular weight is 255 g/mol. The van der Waals surface area contributed by atoms with Crippen LogP contribution in [0.3, 0.4) is 0 Å². The smallest absolute Gasteiger partial charge is 0.294 e. The highest BCUT2D eigenvalue weighted by Crippen LogP contribution is 2.24. The van der Waals surface area contributed by atoms with Crippen LogP contribution in [0.2, 0.25) is 0 Å². The summed E-state index contributed by atoms with van der Waals surface area (Å²) in [7, 11) is -1.45. The van der Waals surface area contributed by atoms with Gasteiger partial charge in [0.25, 0.3) is 10.1 Å². The summed E-state index contributed by atoms with van der Waals surface area (Å²) in [5.41, 5.74) is 0. The molecule has 0 saturated heterocycles. The number of hydrogen-bond donors (Lipinski definition) is 1. The van der Waals surface area contributed by atoms with Crippen molar-refractivity contribution >= 4 is 22.5 Å². The Balaban J connectivity index is 0.00000196. The molecule has 5 nitrogen and oxygen atoms in total. The van der Waals surface area contributed by atoms with E-state index < -0.39 is 10.1 Å². The minimum Gasteiger partial charge on any atom is -0.497 e. The molecule has 1 N–H and O–H groups in total. The second-order valence-corrected chi connectivity index (χ2v) is 3.94. The lowest BCUT2D eigenvalue weighted by Crippen LogP contribution is -1.99. The van der Waals surface area contributed by atoms with E-state index in [9.17, 15) is 8.42 Å². The van der Waals surface area contributed by atoms with Crippen molar-refractivity contribution in [2.45, 2.75) is 4.90 Å². The summed E-state index contributed by atoms with van der Waals surface area (Å²) >= 11 is 0. The molecule has 15 heavy (non-hydrogen) atoms. The number of ether oxygens (including phenoxy) is 2. The summed E-state index contributed by atoms with van der Waals surface area (Å²) in [6.45, 7) is 0. The van der Waals surface area contributed by atoms with Crippen molar-refractivity contribution in [2.75, 3.05) is 14.2 Å². The van der Waals surface area contributed by atoms with Gasteiger partial charge < -0.3 is 9.47 Å². The fraction of sp³-hybridized carbons (Fsp3) is 0.250. The zero-order valence-electron chi connectivity index (χ0n) is 8.13. The van der Waals surface area contributed by atoms with Crippen molar-refractivity contribution < 1.29 is 22.4 Å². The monoisotopic (exact) mass is 254 g/mol. The van der Waals surface area contributed by atoms with E-state index in [0.29, 0.717) is 11.5 Å². The van der Waals surface area contributed by atoms with Gasteiger partial charge in [-0.3, -0.25) is 4.55 Å². The van der Waals surface area contributed by atoms with Crippen LogP contribution in [0.1, 0.15) is 0 Å². The molecule has 0 aliphatic carbocycles. The molecule has 0 aliphatic rings. The Bertz CT molecular complexity index is 406. The maximum Gasteiger partial charge on any atom is 0.294 e. The highest BCUT2D eigenvalue weighted by Gasteiger charge is 2.12. The minimum absolute atomic E-state index is 0. The third-order valence-corrected chi connectivity index (χ3v) is 2.45. The van der Waals surface area contributed by atoms with E-state index in [1.54, 1.807) is 0 Å². The molecule has 86 valence electrons. The third-order valence-electron chi connectivity index (χ3n) is 1.62. The van der Waals surface area contributed by atoms with Gasteiger partial charge in [-0.2, -0.15) is 8.42 Å². The van der Waals surface area contributed by atoms with Crippen LogP contribution in [-0.4, -0.2) is 27.2 Å². The molecule has 0 aromatic heterocycles. The molecule has 0 saturated carbocycles. The Morgan fingerprint density at radius 2 is 1.47 bits per heavy atom. The van der Waals surface area contributed by atoms with Gasteiger partial charge in [-0.25, -0.2) is 0 Å². The first-order valence-electron chi connectivity index (χ1n) is 3.68. The van der Waals surface area contributed by atoms with E-state index in [0.717, 1.165) is 0 Å². The summed E-state index contributed by atoms with van der Waals surface area (Å²) < 4.78 is 40.1. The van der Waals surface area contributed by atoms with E-state index in [1.807, 2.05) is 0 Å². The molecule has 0 atom stereocenters. The molecule has 0 amide bonds. The SMILES string of the molecule is COc1cc(OC)cc(S(=O)(=O)O)c1.Cl. The highest BCUT2D eigenvalue weighted by molar-refractivity contribution is 7.85. The summed E-state index contributed by atoms with van der Waals surface area (Å²) in [5.74, 6) is 0.606. The number of methoxy groups -OCH3 is 2. The molecule has 0 bridgehead atoms. The van der Waals surface area contributed by atoms with Gasteiger partial charge in [0, 0.05) is 18.2 Å². The van der Waals surface area contributed by atoms with Gasteiger partial charge in [-0.15, -0.1) is 12.4 Å². The van der Waals surface area contributed by atoms with Crippen LogP contribution in [0.5, 0.6) is 11.5 Å². The Hall–Kier alpha value is -0.980. The van der Waals surface area contributed by atoms with E-state index in [1.165, 1.54) is 32.4 Å². The molecule has 0 aliphatic heterocycles. The van der Waals surface area contributed by atoms with Crippen LogP contribution in [0, 0.1) is 0 Å². The van der Waals surface area contributed by atoms with Crippen molar-refractivity contribution in [1.29, 1.82) is 0 Å². The normalized spacial score (nSPS) is 10.3. The first kappa shape index (κ1) is 14.0. The van der Waals surface area contributed by atoms with Crippen molar-refractivity contribution in [2.24, 2.45) is 0 Å². The summed E-state index contributed by atoms with van der Waals surface area (Å²) in [5, 5.41) is 0. The van der Waals surface area contributed by atoms with Crippen molar-refractivity contribution in [1.82, 2.24) is 0 Å². The van der Waals surface area contributed by atoms with Crippen LogP contribution in [-0.2, 0) is 10.1 Å². The first-order chi connectivity index (χ1) is 6.47. The van der Waals surface area contributed by atoms with E-state index >= 15 is 0 Å². The van der Waals surface area contributed by atoms with Crippen molar-refractivity contribution in [3.05, 3.63) is 18.2 Å². The van der Waals surface area contributed by atoms with Gasteiger partial charge >= 0.3 is 0 Å². The topological polar surface area (TPSA) is 72.8 Å². The Labute approximate surface area is 94.2 Å². The Morgan fingerprint density at radius 1 is 1.07 bits per heavy atom.